The number of hydrogen-bond acceptors (Lipinski definition) is 3. The molecule has 1 fully saturated rings. The standard InChI is InChI=1S/C28H27FO4/c1-32-22-11-12-25(29)24(15-22)18-4-6-19(7-5-18)26-13-10-20-8-9-21(14-27(20)33-26)23(16-28(30)31)17-2-3-17/h4-9,11-12,14-15,17,23,26H,2-3,10,13,16H2,1H3,(H,30,31)/t23-,26?/m0/s1. The lowest BCUT2D eigenvalue weighted by molar-refractivity contribution is -0.137. The van der Waals surface area contributed by atoms with E-state index in [4.69, 9.17) is 9.47 Å². The van der Waals surface area contributed by atoms with Gasteiger partial charge < -0.3 is 14.6 Å². The summed E-state index contributed by atoms with van der Waals surface area (Å²) in [4.78, 5) is 11.4. The second-order valence-corrected chi connectivity index (χ2v) is 9.02. The fraction of sp³-hybridized carbons (Fsp3) is 0.321. The number of fused-ring (bicyclic) bond motifs is 1. The summed E-state index contributed by atoms with van der Waals surface area (Å²) in [5.41, 5.74) is 4.56. The number of carboxylic acids is 1. The van der Waals surface area contributed by atoms with Crippen molar-refractivity contribution in [1.82, 2.24) is 0 Å². The molecule has 33 heavy (non-hydrogen) atoms. The highest BCUT2D eigenvalue weighted by molar-refractivity contribution is 5.68. The zero-order valence-electron chi connectivity index (χ0n) is 18.6. The van der Waals surface area contributed by atoms with Gasteiger partial charge in [-0.1, -0.05) is 36.4 Å². The first-order valence-electron chi connectivity index (χ1n) is 11.5. The predicted octanol–water partition coefficient (Wildman–Crippen LogP) is 6.54. The van der Waals surface area contributed by atoms with Crippen molar-refractivity contribution in [3.63, 3.8) is 0 Å². The van der Waals surface area contributed by atoms with E-state index in [0.29, 0.717) is 17.2 Å². The average Bonchev–Trinajstić information content (AvgIpc) is 3.68. The van der Waals surface area contributed by atoms with Crippen LogP contribution in [-0.2, 0) is 11.2 Å². The SMILES string of the molecule is COc1ccc(F)c(-c2ccc(C3CCc4ccc([C@@H](CC(=O)O)C5CC5)cc4O3)cc2)c1. The van der Waals surface area contributed by atoms with Crippen molar-refractivity contribution in [2.45, 2.75) is 44.1 Å². The first-order valence-corrected chi connectivity index (χ1v) is 11.5. The van der Waals surface area contributed by atoms with Crippen molar-refractivity contribution in [1.29, 1.82) is 0 Å². The van der Waals surface area contributed by atoms with Crippen LogP contribution in [0.5, 0.6) is 11.5 Å². The number of methoxy groups -OCH3 is 1. The summed E-state index contributed by atoms with van der Waals surface area (Å²) >= 11 is 0. The van der Waals surface area contributed by atoms with Gasteiger partial charge in [0.1, 0.15) is 23.4 Å². The Hall–Kier alpha value is -3.34. The third-order valence-electron chi connectivity index (χ3n) is 6.82. The van der Waals surface area contributed by atoms with Crippen LogP contribution in [0, 0.1) is 11.7 Å². The number of benzene rings is 3. The molecule has 1 N–H and O–H groups in total. The maximum absolute atomic E-state index is 14.3. The number of carboxylic acid groups (broad SMARTS) is 1. The van der Waals surface area contributed by atoms with Crippen molar-refractivity contribution >= 4 is 5.97 Å². The Balaban J connectivity index is 1.36. The van der Waals surface area contributed by atoms with Crippen LogP contribution in [0.15, 0.2) is 60.7 Å². The maximum Gasteiger partial charge on any atom is 0.303 e. The quantitative estimate of drug-likeness (QED) is 0.448. The van der Waals surface area contributed by atoms with Crippen molar-refractivity contribution < 1.29 is 23.8 Å². The summed E-state index contributed by atoms with van der Waals surface area (Å²) in [6, 6.07) is 18.8. The summed E-state index contributed by atoms with van der Waals surface area (Å²) < 4.78 is 25.9. The molecule has 3 aromatic rings. The molecule has 1 unspecified atom stereocenters. The minimum Gasteiger partial charge on any atom is -0.497 e. The van der Waals surface area contributed by atoms with Crippen LogP contribution in [0.3, 0.4) is 0 Å². The number of aliphatic carboxylic acids is 1. The largest absolute Gasteiger partial charge is 0.497 e. The van der Waals surface area contributed by atoms with Gasteiger partial charge in [-0.15, -0.1) is 0 Å². The van der Waals surface area contributed by atoms with E-state index in [9.17, 15) is 14.3 Å². The zero-order valence-corrected chi connectivity index (χ0v) is 18.6. The van der Waals surface area contributed by atoms with E-state index in [1.54, 1.807) is 19.2 Å². The summed E-state index contributed by atoms with van der Waals surface area (Å²) in [5.74, 6) is 0.937. The Kier molecular flexibility index (Phi) is 5.79. The van der Waals surface area contributed by atoms with Crippen molar-refractivity contribution in [2.75, 3.05) is 7.11 Å². The molecular formula is C28H27FO4. The second-order valence-electron chi connectivity index (χ2n) is 9.02. The maximum atomic E-state index is 14.3. The van der Waals surface area contributed by atoms with E-state index in [1.165, 1.54) is 6.07 Å². The lowest BCUT2D eigenvalue weighted by Gasteiger charge is -2.28. The van der Waals surface area contributed by atoms with Crippen LogP contribution in [0.25, 0.3) is 11.1 Å². The number of hydrogen-bond donors (Lipinski definition) is 1. The highest BCUT2D eigenvalue weighted by Crippen LogP contribution is 2.46. The molecule has 0 saturated heterocycles. The summed E-state index contributed by atoms with van der Waals surface area (Å²) in [6.45, 7) is 0. The zero-order chi connectivity index (χ0) is 22.9. The minimum absolute atomic E-state index is 0.0498. The normalized spacial score (nSPS) is 18.2. The monoisotopic (exact) mass is 446 g/mol. The van der Waals surface area contributed by atoms with Gasteiger partial charge in [0.2, 0.25) is 0 Å². The molecule has 1 saturated carbocycles. The summed E-state index contributed by atoms with van der Waals surface area (Å²) in [7, 11) is 1.57. The van der Waals surface area contributed by atoms with Gasteiger partial charge in [-0.05, 0) is 84.0 Å². The molecule has 4 nitrogen and oxygen atoms in total. The van der Waals surface area contributed by atoms with E-state index in [0.717, 1.165) is 53.7 Å². The molecule has 3 aromatic carbocycles. The Bertz CT molecular complexity index is 1170. The van der Waals surface area contributed by atoms with Gasteiger partial charge in [0, 0.05) is 5.56 Å². The Morgan fingerprint density at radius 1 is 1.09 bits per heavy atom. The fourth-order valence-corrected chi connectivity index (χ4v) is 4.82. The Morgan fingerprint density at radius 3 is 2.58 bits per heavy atom. The third-order valence-corrected chi connectivity index (χ3v) is 6.82. The Labute approximate surface area is 193 Å². The van der Waals surface area contributed by atoms with E-state index in [1.807, 2.05) is 30.3 Å². The summed E-state index contributed by atoms with van der Waals surface area (Å²) in [5, 5.41) is 9.34. The van der Waals surface area contributed by atoms with Crippen molar-refractivity contribution in [3.8, 4) is 22.6 Å². The van der Waals surface area contributed by atoms with Gasteiger partial charge in [0.25, 0.3) is 0 Å². The number of carbonyl (C=O) groups is 1. The number of aryl methyl sites for hydroxylation is 1. The molecule has 0 bridgehead atoms. The van der Waals surface area contributed by atoms with Gasteiger partial charge >= 0.3 is 5.97 Å². The fourth-order valence-electron chi connectivity index (χ4n) is 4.82. The van der Waals surface area contributed by atoms with E-state index < -0.39 is 5.97 Å². The smallest absolute Gasteiger partial charge is 0.303 e. The number of ether oxygens (including phenoxy) is 2. The van der Waals surface area contributed by atoms with Gasteiger partial charge in [0.15, 0.2) is 0 Å². The average molecular weight is 447 g/mol. The van der Waals surface area contributed by atoms with Crippen molar-refractivity contribution in [2.24, 2.45) is 5.92 Å². The van der Waals surface area contributed by atoms with Gasteiger partial charge in [-0.3, -0.25) is 4.79 Å². The van der Waals surface area contributed by atoms with E-state index >= 15 is 0 Å². The van der Waals surface area contributed by atoms with Crippen molar-refractivity contribution in [3.05, 3.63) is 83.2 Å². The second kappa shape index (κ2) is 8.89. The third kappa shape index (κ3) is 4.58. The van der Waals surface area contributed by atoms with Crippen LogP contribution < -0.4 is 9.47 Å². The van der Waals surface area contributed by atoms with Crippen LogP contribution >= 0.6 is 0 Å². The molecule has 1 aliphatic carbocycles. The van der Waals surface area contributed by atoms with Crippen LogP contribution in [0.2, 0.25) is 0 Å². The molecule has 0 amide bonds. The molecular weight excluding hydrogens is 419 g/mol. The molecule has 0 aromatic heterocycles. The molecule has 1 heterocycles. The molecule has 170 valence electrons. The van der Waals surface area contributed by atoms with Gasteiger partial charge in [-0.25, -0.2) is 4.39 Å². The van der Waals surface area contributed by atoms with Crippen LogP contribution in [-0.4, -0.2) is 18.2 Å². The van der Waals surface area contributed by atoms with Crippen LogP contribution in [0.4, 0.5) is 4.39 Å². The first-order chi connectivity index (χ1) is 16.0. The molecule has 1 aliphatic heterocycles. The number of rotatable bonds is 7. The first kappa shape index (κ1) is 21.5. The number of halogens is 1. The molecule has 5 rings (SSSR count). The highest BCUT2D eigenvalue weighted by atomic mass is 19.1. The lowest BCUT2D eigenvalue weighted by Crippen LogP contribution is -2.16. The highest BCUT2D eigenvalue weighted by Gasteiger charge is 2.34. The topological polar surface area (TPSA) is 55.8 Å². The van der Waals surface area contributed by atoms with E-state index in [2.05, 4.69) is 12.1 Å². The molecule has 5 heteroatoms. The molecule has 2 aliphatic rings. The lowest BCUT2D eigenvalue weighted by atomic mass is 9.88. The minimum atomic E-state index is -0.754. The molecule has 0 radical (unpaired) electrons. The molecule has 0 spiro atoms. The Morgan fingerprint density at radius 2 is 1.88 bits per heavy atom. The van der Waals surface area contributed by atoms with Gasteiger partial charge in [0.05, 0.1) is 13.5 Å². The van der Waals surface area contributed by atoms with Crippen LogP contribution in [0.1, 0.15) is 54.4 Å². The predicted molar refractivity (Wildman–Crippen MR) is 124 cm³/mol. The van der Waals surface area contributed by atoms with Gasteiger partial charge in [-0.2, -0.15) is 0 Å². The molecule has 2 atom stereocenters. The van der Waals surface area contributed by atoms with E-state index in [-0.39, 0.29) is 24.3 Å². The summed E-state index contributed by atoms with van der Waals surface area (Å²) in [6.07, 6.45) is 4.03.